The van der Waals surface area contributed by atoms with Gasteiger partial charge in [-0.05, 0) is 56.6 Å². The molecule has 132 valence electrons. The summed E-state index contributed by atoms with van der Waals surface area (Å²) in [6.07, 6.45) is 3.67. The van der Waals surface area contributed by atoms with Crippen molar-refractivity contribution in [1.29, 1.82) is 0 Å². The molecule has 1 unspecified atom stereocenters. The van der Waals surface area contributed by atoms with Gasteiger partial charge in [-0.1, -0.05) is 0 Å². The highest BCUT2D eigenvalue weighted by molar-refractivity contribution is 6.03. The maximum absolute atomic E-state index is 13.1. The molecule has 6 heteroatoms. The van der Waals surface area contributed by atoms with Crippen LogP contribution in [0, 0.1) is 12.3 Å². The van der Waals surface area contributed by atoms with Crippen molar-refractivity contribution in [1.82, 2.24) is 20.5 Å². The number of carbonyl (C=O) groups is 1. The average molecular weight is 347 g/mol. The first-order valence-corrected chi connectivity index (χ1v) is 9.10. The Balaban J connectivity index is 1.56. The van der Waals surface area contributed by atoms with E-state index in [9.17, 15) is 4.79 Å². The molecule has 2 aromatic heterocycles. The van der Waals surface area contributed by atoms with Crippen LogP contribution >= 0.6 is 0 Å². The minimum absolute atomic E-state index is 0.198. The SMILES string of the molecule is Cc1cc(-c2n[nH]c3ccc(N4CCC5(CCNC5)C4=O)cc23)ccn1. The van der Waals surface area contributed by atoms with Crippen LogP contribution in [0.2, 0.25) is 0 Å². The monoisotopic (exact) mass is 347 g/mol. The lowest BCUT2D eigenvalue weighted by atomic mass is 9.86. The Hall–Kier alpha value is -2.73. The van der Waals surface area contributed by atoms with Crippen LogP contribution in [0.25, 0.3) is 22.2 Å². The molecule has 3 aromatic rings. The van der Waals surface area contributed by atoms with Crippen LogP contribution in [0.1, 0.15) is 18.5 Å². The molecular weight excluding hydrogens is 326 g/mol. The van der Waals surface area contributed by atoms with Crippen LogP contribution < -0.4 is 10.2 Å². The number of nitrogens with one attached hydrogen (secondary N) is 2. The van der Waals surface area contributed by atoms with Crippen LogP contribution in [-0.4, -0.2) is 40.7 Å². The van der Waals surface area contributed by atoms with Gasteiger partial charge in [-0.25, -0.2) is 0 Å². The van der Waals surface area contributed by atoms with Gasteiger partial charge < -0.3 is 10.2 Å². The number of aryl methyl sites for hydroxylation is 1. The third-order valence-corrected chi connectivity index (χ3v) is 5.78. The Morgan fingerprint density at radius 1 is 1.19 bits per heavy atom. The summed E-state index contributed by atoms with van der Waals surface area (Å²) in [5.74, 6) is 0.256. The number of carbonyl (C=O) groups excluding carboxylic acids is 1. The molecule has 4 heterocycles. The molecule has 5 rings (SSSR count). The van der Waals surface area contributed by atoms with Crippen molar-refractivity contribution in [3.8, 4) is 11.3 Å². The third kappa shape index (κ3) is 2.25. The van der Waals surface area contributed by atoms with E-state index in [1.807, 2.05) is 36.1 Å². The molecule has 1 spiro atoms. The minimum atomic E-state index is -0.198. The highest BCUT2D eigenvalue weighted by atomic mass is 16.2. The number of hydrogen-bond acceptors (Lipinski definition) is 4. The largest absolute Gasteiger partial charge is 0.316 e. The molecule has 0 aliphatic carbocycles. The Labute approximate surface area is 151 Å². The number of fused-ring (bicyclic) bond motifs is 1. The van der Waals surface area contributed by atoms with Crippen molar-refractivity contribution in [2.24, 2.45) is 5.41 Å². The fraction of sp³-hybridized carbons (Fsp3) is 0.350. The average Bonchev–Trinajstić information content (AvgIpc) is 3.36. The number of aromatic amines is 1. The molecule has 6 nitrogen and oxygen atoms in total. The third-order valence-electron chi connectivity index (χ3n) is 5.78. The van der Waals surface area contributed by atoms with Gasteiger partial charge in [0.15, 0.2) is 0 Å². The van der Waals surface area contributed by atoms with Gasteiger partial charge in [0.05, 0.1) is 10.9 Å². The molecule has 2 aliphatic heterocycles. The maximum Gasteiger partial charge on any atom is 0.234 e. The number of rotatable bonds is 2. The first kappa shape index (κ1) is 15.5. The summed E-state index contributed by atoms with van der Waals surface area (Å²) >= 11 is 0. The van der Waals surface area contributed by atoms with Crippen LogP contribution in [0.5, 0.6) is 0 Å². The van der Waals surface area contributed by atoms with Crippen molar-refractivity contribution in [3.05, 3.63) is 42.2 Å². The number of nitrogens with zero attached hydrogens (tertiary/aromatic N) is 3. The summed E-state index contributed by atoms with van der Waals surface area (Å²) in [5.41, 5.74) is 4.62. The van der Waals surface area contributed by atoms with E-state index in [0.717, 1.165) is 66.0 Å². The zero-order valence-electron chi connectivity index (χ0n) is 14.7. The number of anilines is 1. The molecule has 0 bridgehead atoms. The van der Waals surface area contributed by atoms with E-state index in [-0.39, 0.29) is 11.3 Å². The smallest absolute Gasteiger partial charge is 0.234 e. The number of amides is 1. The lowest BCUT2D eigenvalue weighted by Gasteiger charge is -2.22. The quantitative estimate of drug-likeness (QED) is 0.747. The van der Waals surface area contributed by atoms with Gasteiger partial charge >= 0.3 is 0 Å². The fourth-order valence-electron chi connectivity index (χ4n) is 4.29. The van der Waals surface area contributed by atoms with Gasteiger partial charge in [0.2, 0.25) is 5.91 Å². The highest BCUT2D eigenvalue weighted by Crippen LogP contribution is 2.40. The van der Waals surface area contributed by atoms with Crippen molar-refractivity contribution in [3.63, 3.8) is 0 Å². The predicted octanol–water partition coefficient (Wildman–Crippen LogP) is 2.65. The molecular formula is C20H21N5O. The molecule has 2 fully saturated rings. The summed E-state index contributed by atoms with van der Waals surface area (Å²) in [7, 11) is 0. The zero-order valence-corrected chi connectivity index (χ0v) is 14.7. The van der Waals surface area contributed by atoms with E-state index in [2.05, 4.69) is 26.6 Å². The van der Waals surface area contributed by atoms with Crippen molar-refractivity contribution in [2.45, 2.75) is 19.8 Å². The fourth-order valence-corrected chi connectivity index (χ4v) is 4.29. The van der Waals surface area contributed by atoms with E-state index < -0.39 is 0 Å². The number of hydrogen-bond donors (Lipinski definition) is 2. The maximum atomic E-state index is 13.1. The predicted molar refractivity (Wildman–Crippen MR) is 101 cm³/mol. The molecule has 2 N–H and O–H groups in total. The lowest BCUT2D eigenvalue weighted by Crippen LogP contribution is -2.36. The second kappa shape index (κ2) is 5.64. The first-order valence-electron chi connectivity index (χ1n) is 9.10. The molecule has 0 saturated carbocycles. The number of pyridine rings is 1. The van der Waals surface area contributed by atoms with Crippen LogP contribution in [-0.2, 0) is 4.79 Å². The summed E-state index contributed by atoms with van der Waals surface area (Å²) in [4.78, 5) is 19.3. The molecule has 0 radical (unpaired) electrons. The van der Waals surface area contributed by atoms with Crippen molar-refractivity contribution < 1.29 is 4.79 Å². The Kier molecular flexibility index (Phi) is 3.37. The molecule has 1 aromatic carbocycles. The highest BCUT2D eigenvalue weighted by Gasteiger charge is 2.48. The van der Waals surface area contributed by atoms with E-state index in [1.165, 1.54) is 0 Å². The van der Waals surface area contributed by atoms with Gasteiger partial charge in [0.1, 0.15) is 5.69 Å². The number of aromatic nitrogens is 3. The molecule has 2 saturated heterocycles. The van der Waals surface area contributed by atoms with Gasteiger partial charge in [-0.2, -0.15) is 5.10 Å². The number of H-pyrrole nitrogens is 1. The molecule has 1 atom stereocenters. The normalized spacial score (nSPS) is 22.8. The Morgan fingerprint density at radius 2 is 2.12 bits per heavy atom. The lowest BCUT2D eigenvalue weighted by molar-refractivity contribution is -0.124. The number of benzene rings is 1. The second-order valence-electron chi connectivity index (χ2n) is 7.40. The minimum Gasteiger partial charge on any atom is -0.316 e. The molecule has 26 heavy (non-hydrogen) atoms. The first-order chi connectivity index (χ1) is 12.7. The summed E-state index contributed by atoms with van der Waals surface area (Å²) < 4.78 is 0. The topological polar surface area (TPSA) is 73.9 Å². The van der Waals surface area contributed by atoms with Gasteiger partial charge in [-0.3, -0.25) is 14.9 Å². The Bertz CT molecular complexity index is 1000. The summed E-state index contributed by atoms with van der Waals surface area (Å²) in [5, 5.41) is 12.0. The van der Waals surface area contributed by atoms with Gasteiger partial charge in [-0.15, -0.1) is 0 Å². The van der Waals surface area contributed by atoms with Gasteiger partial charge in [0.25, 0.3) is 0 Å². The van der Waals surface area contributed by atoms with Crippen LogP contribution in [0.3, 0.4) is 0 Å². The van der Waals surface area contributed by atoms with E-state index >= 15 is 0 Å². The Morgan fingerprint density at radius 3 is 2.92 bits per heavy atom. The summed E-state index contributed by atoms with van der Waals surface area (Å²) in [6.45, 7) is 4.50. The van der Waals surface area contributed by atoms with Crippen LogP contribution in [0.15, 0.2) is 36.5 Å². The second-order valence-corrected chi connectivity index (χ2v) is 7.40. The van der Waals surface area contributed by atoms with Gasteiger partial charge in [0, 0.05) is 41.6 Å². The summed E-state index contributed by atoms with van der Waals surface area (Å²) in [6, 6.07) is 10.1. The van der Waals surface area contributed by atoms with Crippen LogP contribution in [0.4, 0.5) is 5.69 Å². The molecule has 2 aliphatic rings. The standard InChI is InChI=1S/C20H21N5O/c1-13-10-14(4-7-22-13)18-16-11-15(2-3-17(16)23-24-18)25-9-6-20(19(25)26)5-8-21-12-20/h2-4,7,10-11,21H,5-6,8-9,12H2,1H3,(H,23,24). The van der Waals surface area contributed by atoms with Crippen molar-refractivity contribution >= 4 is 22.5 Å². The molecule has 1 amide bonds. The van der Waals surface area contributed by atoms with E-state index in [0.29, 0.717) is 0 Å². The zero-order chi connectivity index (χ0) is 17.7. The van der Waals surface area contributed by atoms with Crippen molar-refractivity contribution in [2.75, 3.05) is 24.5 Å². The van der Waals surface area contributed by atoms with E-state index in [1.54, 1.807) is 6.20 Å². The van der Waals surface area contributed by atoms with E-state index in [4.69, 9.17) is 0 Å².